The van der Waals surface area contributed by atoms with Crippen LogP contribution in [0.2, 0.25) is 0 Å². The average Bonchev–Trinajstić information content (AvgIpc) is 2.84. The van der Waals surface area contributed by atoms with Gasteiger partial charge in [-0.3, -0.25) is 0 Å². The standard InChI is InChI=1S/C14H17NO3S/c1-3-18-11-6-4-10(5-7-11)14-15-12(9-17-2)13(8-16)19-14/h4-7,16H,3,8-9H2,1-2H3. The number of nitrogens with zero attached hydrogens (tertiary/aromatic N) is 1. The second-order valence-electron chi connectivity index (χ2n) is 3.94. The van der Waals surface area contributed by atoms with Gasteiger partial charge in [0.2, 0.25) is 0 Å². The molecule has 2 aromatic rings. The highest BCUT2D eigenvalue weighted by Gasteiger charge is 2.11. The van der Waals surface area contributed by atoms with Crippen molar-refractivity contribution < 1.29 is 14.6 Å². The molecule has 0 fully saturated rings. The van der Waals surface area contributed by atoms with E-state index < -0.39 is 0 Å². The smallest absolute Gasteiger partial charge is 0.124 e. The van der Waals surface area contributed by atoms with Gasteiger partial charge in [-0.15, -0.1) is 11.3 Å². The third-order valence-electron chi connectivity index (χ3n) is 2.62. The van der Waals surface area contributed by atoms with Crippen molar-refractivity contribution >= 4 is 11.3 Å². The maximum atomic E-state index is 9.31. The molecule has 4 nitrogen and oxygen atoms in total. The monoisotopic (exact) mass is 279 g/mol. The van der Waals surface area contributed by atoms with Crippen molar-refractivity contribution in [1.82, 2.24) is 4.98 Å². The number of methoxy groups -OCH3 is 1. The topological polar surface area (TPSA) is 51.6 Å². The van der Waals surface area contributed by atoms with Crippen LogP contribution in [0.25, 0.3) is 10.6 Å². The van der Waals surface area contributed by atoms with Crippen molar-refractivity contribution in [3.63, 3.8) is 0 Å². The molecule has 1 N–H and O–H groups in total. The summed E-state index contributed by atoms with van der Waals surface area (Å²) in [6.07, 6.45) is 0. The number of aliphatic hydroxyl groups is 1. The zero-order chi connectivity index (χ0) is 13.7. The predicted octanol–water partition coefficient (Wildman–Crippen LogP) is 2.85. The summed E-state index contributed by atoms with van der Waals surface area (Å²) in [5.74, 6) is 0.849. The van der Waals surface area contributed by atoms with E-state index in [0.29, 0.717) is 13.2 Å². The van der Waals surface area contributed by atoms with E-state index in [1.165, 1.54) is 11.3 Å². The Morgan fingerprint density at radius 1 is 1.26 bits per heavy atom. The van der Waals surface area contributed by atoms with Gasteiger partial charge in [0.15, 0.2) is 0 Å². The Labute approximate surface area is 116 Å². The zero-order valence-corrected chi connectivity index (χ0v) is 11.9. The third-order valence-corrected chi connectivity index (χ3v) is 3.75. The number of ether oxygens (including phenoxy) is 2. The molecule has 0 amide bonds. The molecule has 0 atom stereocenters. The van der Waals surface area contributed by atoms with E-state index in [-0.39, 0.29) is 6.61 Å². The van der Waals surface area contributed by atoms with Crippen molar-refractivity contribution in [2.75, 3.05) is 13.7 Å². The minimum atomic E-state index is -0.00656. The number of rotatable bonds is 6. The molecule has 2 rings (SSSR count). The highest BCUT2D eigenvalue weighted by molar-refractivity contribution is 7.15. The first-order chi connectivity index (χ1) is 9.28. The molecule has 19 heavy (non-hydrogen) atoms. The molecule has 0 aliphatic carbocycles. The van der Waals surface area contributed by atoms with Crippen LogP contribution < -0.4 is 4.74 Å². The summed E-state index contributed by atoms with van der Waals surface area (Å²) in [6, 6.07) is 7.80. The molecule has 5 heteroatoms. The van der Waals surface area contributed by atoms with Crippen LogP contribution in [-0.2, 0) is 18.0 Å². The molecular weight excluding hydrogens is 262 g/mol. The fourth-order valence-corrected chi connectivity index (χ4v) is 2.67. The Bertz CT molecular complexity index is 522. The van der Waals surface area contributed by atoms with Crippen LogP contribution in [-0.4, -0.2) is 23.8 Å². The van der Waals surface area contributed by atoms with Gasteiger partial charge >= 0.3 is 0 Å². The quantitative estimate of drug-likeness (QED) is 0.883. The van der Waals surface area contributed by atoms with Gasteiger partial charge in [0, 0.05) is 12.7 Å². The largest absolute Gasteiger partial charge is 0.494 e. The summed E-state index contributed by atoms with van der Waals surface area (Å²) in [5, 5.41) is 10.2. The average molecular weight is 279 g/mol. The molecular formula is C14H17NO3S. The molecule has 0 bridgehead atoms. The van der Waals surface area contributed by atoms with Gasteiger partial charge in [-0.2, -0.15) is 0 Å². The second-order valence-corrected chi connectivity index (χ2v) is 5.02. The molecule has 0 unspecified atom stereocenters. The van der Waals surface area contributed by atoms with Crippen LogP contribution in [0.5, 0.6) is 5.75 Å². The van der Waals surface area contributed by atoms with Crippen LogP contribution in [0, 0.1) is 0 Å². The van der Waals surface area contributed by atoms with Gasteiger partial charge in [-0.25, -0.2) is 4.98 Å². The van der Waals surface area contributed by atoms with Crippen LogP contribution in [0.15, 0.2) is 24.3 Å². The lowest BCUT2D eigenvalue weighted by molar-refractivity contribution is 0.179. The molecule has 1 aromatic carbocycles. The van der Waals surface area contributed by atoms with Gasteiger partial charge < -0.3 is 14.6 Å². The molecule has 0 saturated heterocycles. The third kappa shape index (κ3) is 3.32. The first-order valence-electron chi connectivity index (χ1n) is 6.10. The van der Waals surface area contributed by atoms with E-state index in [4.69, 9.17) is 9.47 Å². The number of hydrogen-bond acceptors (Lipinski definition) is 5. The Morgan fingerprint density at radius 2 is 2.00 bits per heavy atom. The zero-order valence-electron chi connectivity index (χ0n) is 11.0. The summed E-state index contributed by atoms with van der Waals surface area (Å²) < 4.78 is 10.5. The normalized spacial score (nSPS) is 10.7. The van der Waals surface area contributed by atoms with Crippen LogP contribution in [0.4, 0.5) is 0 Å². The van der Waals surface area contributed by atoms with Crippen molar-refractivity contribution in [3.8, 4) is 16.3 Å². The Morgan fingerprint density at radius 3 is 2.58 bits per heavy atom. The summed E-state index contributed by atoms with van der Waals surface area (Å²) >= 11 is 1.49. The summed E-state index contributed by atoms with van der Waals surface area (Å²) in [5.41, 5.74) is 1.82. The number of aliphatic hydroxyl groups excluding tert-OH is 1. The van der Waals surface area contributed by atoms with Crippen molar-refractivity contribution in [2.24, 2.45) is 0 Å². The maximum absolute atomic E-state index is 9.31. The first kappa shape index (κ1) is 14.0. The minimum absolute atomic E-state index is 0.00656. The van der Waals surface area contributed by atoms with Crippen LogP contribution in [0.3, 0.4) is 0 Å². The minimum Gasteiger partial charge on any atom is -0.494 e. The van der Waals surface area contributed by atoms with Crippen LogP contribution in [0.1, 0.15) is 17.5 Å². The number of aromatic nitrogens is 1. The van der Waals surface area contributed by atoms with E-state index in [1.54, 1.807) is 7.11 Å². The summed E-state index contributed by atoms with van der Waals surface area (Å²) in [6.45, 7) is 3.03. The molecule has 0 aliphatic rings. The van der Waals surface area contributed by atoms with Crippen molar-refractivity contribution in [1.29, 1.82) is 0 Å². The van der Waals surface area contributed by atoms with Crippen molar-refractivity contribution in [3.05, 3.63) is 34.8 Å². The van der Waals surface area contributed by atoms with E-state index >= 15 is 0 Å². The van der Waals surface area contributed by atoms with Crippen LogP contribution >= 0.6 is 11.3 Å². The summed E-state index contributed by atoms with van der Waals surface area (Å²) in [7, 11) is 1.62. The van der Waals surface area contributed by atoms with Crippen molar-refractivity contribution in [2.45, 2.75) is 20.1 Å². The molecule has 0 radical (unpaired) electrons. The fourth-order valence-electron chi connectivity index (χ4n) is 1.74. The van der Waals surface area contributed by atoms with E-state index in [0.717, 1.165) is 26.9 Å². The highest BCUT2D eigenvalue weighted by atomic mass is 32.1. The lowest BCUT2D eigenvalue weighted by Gasteiger charge is -2.02. The Balaban J connectivity index is 2.25. The molecule has 0 saturated carbocycles. The van der Waals surface area contributed by atoms with E-state index in [1.807, 2.05) is 31.2 Å². The van der Waals surface area contributed by atoms with Gasteiger partial charge in [-0.1, -0.05) is 0 Å². The molecule has 0 spiro atoms. The fraction of sp³-hybridized carbons (Fsp3) is 0.357. The van der Waals surface area contributed by atoms with Gasteiger partial charge in [0.05, 0.1) is 30.4 Å². The number of hydrogen-bond donors (Lipinski definition) is 1. The molecule has 1 aromatic heterocycles. The van der Waals surface area contributed by atoms with Gasteiger partial charge in [0.1, 0.15) is 10.8 Å². The molecule has 102 valence electrons. The maximum Gasteiger partial charge on any atom is 0.124 e. The summed E-state index contributed by atoms with van der Waals surface area (Å²) in [4.78, 5) is 5.36. The highest BCUT2D eigenvalue weighted by Crippen LogP contribution is 2.29. The predicted molar refractivity (Wildman–Crippen MR) is 75.4 cm³/mol. The molecule has 1 heterocycles. The first-order valence-corrected chi connectivity index (χ1v) is 6.91. The molecule has 0 aliphatic heterocycles. The Kier molecular flexibility index (Phi) is 4.90. The lowest BCUT2D eigenvalue weighted by atomic mass is 10.2. The number of benzene rings is 1. The Hall–Kier alpha value is -1.43. The van der Waals surface area contributed by atoms with E-state index in [2.05, 4.69) is 4.98 Å². The van der Waals surface area contributed by atoms with Gasteiger partial charge in [0.25, 0.3) is 0 Å². The SMILES string of the molecule is CCOc1ccc(-c2nc(COC)c(CO)s2)cc1. The lowest BCUT2D eigenvalue weighted by Crippen LogP contribution is -1.93. The number of thiazole rings is 1. The second kappa shape index (κ2) is 6.65. The van der Waals surface area contributed by atoms with Gasteiger partial charge in [-0.05, 0) is 31.2 Å². The van der Waals surface area contributed by atoms with E-state index in [9.17, 15) is 5.11 Å².